The summed E-state index contributed by atoms with van der Waals surface area (Å²) in [7, 11) is 0. The number of piperidine rings is 1. The van der Waals surface area contributed by atoms with Gasteiger partial charge in [0, 0.05) is 18.7 Å². The van der Waals surface area contributed by atoms with Crippen molar-refractivity contribution in [3.8, 4) is 0 Å². The zero-order chi connectivity index (χ0) is 13.4. The zero-order valence-corrected chi connectivity index (χ0v) is 12.7. The van der Waals surface area contributed by atoms with Gasteiger partial charge in [-0.2, -0.15) is 0 Å². The topological polar surface area (TPSA) is 24.5 Å². The van der Waals surface area contributed by atoms with Crippen molar-refractivity contribution in [1.29, 1.82) is 0 Å². The van der Waals surface area contributed by atoms with E-state index in [4.69, 9.17) is 4.74 Å². The Labute approximate surface area is 113 Å². The average Bonchev–Trinajstić information content (AvgIpc) is 2.37. The van der Waals surface area contributed by atoms with Gasteiger partial charge < -0.3 is 15.0 Å². The molecule has 2 unspecified atom stereocenters. The molecule has 1 N–H and O–H groups in total. The molecule has 0 spiro atoms. The second-order valence-corrected chi connectivity index (χ2v) is 5.69. The van der Waals surface area contributed by atoms with Crippen molar-refractivity contribution in [2.75, 3.05) is 32.8 Å². The van der Waals surface area contributed by atoms with Gasteiger partial charge >= 0.3 is 0 Å². The molecule has 1 aliphatic heterocycles. The molecule has 18 heavy (non-hydrogen) atoms. The van der Waals surface area contributed by atoms with Gasteiger partial charge in [0.1, 0.15) is 0 Å². The molecular formula is C15H32N2O. The molecule has 108 valence electrons. The number of hydrogen-bond acceptors (Lipinski definition) is 3. The number of likely N-dealkylation sites (tertiary alicyclic amines) is 1. The van der Waals surface area contributed by atoms with Crippen LogP contribution in [0.15, 0.2) is 0 Å². The standard InChI is InChI=1S/C15H32N2O/c1-5-9-17-10-7-15(8-11-17)14(4)16-13(3)12-18-6-2/h13-16H,5-12H2,1-4H3. The van der Waals surface area contributed by atoms with Crippen LogP contribution in [0.2, 0.25) is 0 Å². The van der Waals surface area contributed by atoms with E-state index in [0.29, 0.717) is 12.1 Å². The quantitative estimate of drug-likeness (QED) is 0.722. The Balaban J connectivity index is 2.20. The van der Waals surface area contributed by atoms with E-state index in [1.165, 1.54) is 38.9 Å². The van der Waals surface area contributed by atoms with E-state index in [1.54, 1.807) is 0 Å². The van der Waals surface area contributed by atoms with E-state index in [0.717, 1.165) is 19.1 Å². The molecule has 0 aromatic heterocycles. The summed E-state index contributed by atoms with van der Waals surface area (Å²) in [5, 5.41) is 3.69. The van der Waals surface area contributed by atoms with Crippen LogP contribution in [0.3, 0.4) is 0 Å². The second-order valence-electron chi connectivity index (χ2n) is 5.69. The van der Waals surface area contributed by atoms with Gasteiger partial charge in [0.15, 0.2) is 0 Å². The first-order chi connectivity index (χ1) is 8.67. The summed E-state index contributed by atoms with van der Waals surface area (Å²) < 4.78 is 5.46. The van der Waals surface area contributed by atoms with Gasteiger partial charge in [-0.05, 0) is 65.6 Å². The minimum absolute atomic E-state index is 0.466. The summed E-state index contributed by atoms with van der Waals surface area (Å²) in [5.41, 5.74) is 0. The molecule has 1 saturated heterocycles. The first kappa shape index (κ1) is 15.9. The van der Waals surface area contributed by atoms with Crippen molar-refractivity contribution in [3.05, 3.63) is 0 Å². The Bertz CT molecular complexity index is 203. The van der Waals surface area contributed by atoms with Crippen molar-refractivity contribution in [1.82, 2.24) is 10.2 Å². The highest BCUT2D eigenvalue weighted by Gasteiger charge is 2.24. The maximum Gasteiger partial charge on any atom is 0.0616 e. The normalized spacial score (nSPS) is 22.0. The Kier molecular flexibility index (Phi) is 7.87. The molecular weight excluding hydrogens is 224 g/mol. The number of ether oxygens (including phenoxy) is 1. The summed E-state index contributed by atoms with van der Waals surface area (Å²) in [6.07, 6.45) is 3.97. The van der Waals surface area contributed by atoms with Crippen molar-refractivity contribution in [2.45, 2.75) is 59.0 Å². The first-order valence-corrected chi connectivity index (χ1v) is 7.73. The molecule has 0 amide bonds. The molecule has 0 aliphatic carbocycles. The van der Waals surface area contributed by atoms with Crippen LogP contribution in [0.5, 0.6) is 0 Å². The number of nitrogens with zero attached hydrogens (tertiary/aromatic N) is 1. The van der Waals surface area contributed by atoms with Crippen molar-refractivity contribution in [2.24, 2.45) is 5.92 Å². The predicted octanol–water partition coefficient (Wildman–Crippen LogP) is 2.51. The summed E-state index contributed by atoms with van der Waals surface area (Å²) in [5.74, 6) is 0.835. The van der Waals surface area contributed by atoms with E-state index < -0.39 is 0 Å². The van der Waals surface area contributed by atoms with E-state index in [1.807, 2.05) is 0 Å². The van der Waals surface area contributed by atoms with Crippen LogP contribution in [0.4, 0.5) is 0 Å². The van der Waals surface area contributed by atoms with E-state index in [2.05, 4.69) is 37.9 Å². The SMILES string of the molecule is CCCN1CCC(C(C)NC(C)COCC)CC1. The lowest BCUT2D eigenvalue weighted by molar-refractivity contribution is 0.111. The predicted molar refractivity (Wildman–Crippen MR) is 78.0 cm³/mol. The maximum absolute atomic E-state index is 5.46. The molecule has 1 rings (SSSR count). The van der Waals surface area contributed by atoms with Crippen LogP contribution >= 0.6 is 0 Å². The fourth-order valence-electron chi connectivity index (χ4n) is 2.92. The van der Waals surface area contributed by atoms with Crippen molar-refractivity contribution >= 4 is 0 Å². The summed E-state index contributed by atoms with van der Waals surface area (Å²) >= 11 is 0. The number of hydrogen-bond donors (Lipinski definition) is 1. The van der Waals surface area contributed by atoms with Gasteiger partial charge in [-0.15, -0.1) is 0 Å². The number of nitrogens with one attached hydrogen (secondary N) is 1. The molecule has 3 heteroatoms. The van der Waals surface area contributed by atoms with Crippen LogP contribution in [0.1, 0.15) is 47.0 Å². The fourth-order valence-corrected chi connectivity index (χ4v) is 2.92. The molecule has 0 bridgehead atoms. The highest BCUT2D eigenvalue weighted by Crippen LogP contribution is 2.21. The minimum Gasteiger partial charge on any atom is -0.380 e. The molecule has 1 aliphatic rings. The van der Waals surface area contributed by atoms with E-state index in [9.17, 15) is 0 Å². The third-order valence-electron chi connectivity index (χ3n) is 4.00. The smallest absolute Gasteiger partial charge is 0.0616 e. The lowest BCUT2D eigenvalue weighted by Gasteiger charge is -2.36. The minimum atomic E-state index is 0.466. The fraction of sp³-hybridized carbons (Fsp3) is 1.00. The van der Waals surface area contributed by atoms with Gasteiger partial charge in [-0.1, -0.05) is 6.92 Å². The Morgan fingerprint density at radius 1 is 1.22 bits per heavy atom. The van der Waals surface area contributed by atoms with Crippen molar-refractivity contribution in [3.63, 3.8) is 0 Å². The second kappa shape index (κ2) is 8.89. The van der Waals surface area contributed by atoms with Gasteiger partial charge in [-0.3, -0.25) is 0 Å². The molecule has 0 aromatic carbocycles. The molecule has 0 radical (unpaired) electrons. The number of rotatable bonds is 8. The zero-order valence-electron chi connectivity index (χ0n) is 12.7. The monoisotopic (exact) mass is 256 g/mol. The Hall–Kier alpha value is -0.120. The summed E-state index contributed by atoms with van der Waals surface area (Å²) in [4.78, 5) is 2.60. The highest BCUT2D eigenvalue weighted by molar-refractivity contribution is 4.81. The van der Waals surface area contributed by atoms with Gasteiger partial charge in [0.2, 0.25) is 0 Å². The van der Waals surface area contributed by atoms with Crippen LogP contribution < -0.4 is 5.32 Å². The van der Waals surface area contributed by atoms with Crippen molar-refractivity contribution < 1.29 is 4.74 Å². The van der Waals surface area contributed by atoms with Crippen LogP contribution in [0, 0.1) is 5.92 Å². The molecule has 0 saturated carbocycles. The first-order valence-electron chi connectivity index (χ1n) is 7.73. The molecule has 0 aromatic rings. The molecule has 1 fully saturated rings. The maximum atomic E-state index is 5.46. The van der Waals surface area contributed by atoms with Crippen LogP contribution in [-0.4, -0.2) is 49.8 Å². The van der Waals surface area contributed by atoms with Crippen LogP contribution in [0.25, 0.3) is 0 Å². The summed E-state index contributed by atoms with van der Waals surface area (Å²) in [6.45, 7) is 14.4. The molecule has 2 atom stereocenters. The largest absolute Gasteiger partial charge is 0.380 e. The highest BCUT2D eigenvalue weighted by atomic mass is 16.5. The molecule has 3 nitrogen and oxygen atoms in total. The Morgan fingerprint density at radius 3 is 2.44 bits per heavy atom. The van der Waals surface area contributed by atoms with Gasteiger partial charge in [0.25, 0.3) is 0 Å². The van der Waals surface area contributed by atoms with E-state index in [-0.39, 0.29) is 0 Å². The Morgan fingerprint density at radius 2 is 1.89 bits per heavy atom. The molecule has 1 heterocycles. The average molecular weight is 256 g/mol. The lowest BCUT2D eigenvalue weighted by Crippen LogP contribution is -2.46. The van der Waals surface area contributed by atoms with Crippen LogP contribution in [-0.2, 0) is 4.74 Å². The van der Waals surface area contributed by atoms with Gasteiger partial charge in [0.05, 0.1) is 6.61 Å². The summed E-state index contributed by atoms with van der Waals surface area (Å²) in [6, 6.07) is 1.08. The third-order valence-corrected chi connectivity index (χ3v) is 4.00. The van der Waals surface area contributed by atoms with Gasteiger partial charge in [-0.25, -0.2) is 0 Å². The van der Waals surface area contributed by atoms with E-state index >= 15 is 0 Å². The lowest BCUT2D eigenvalue weighted by atomic mass is 9.90. The third kappa shape index (κ3) is 5.68.